The zero-order chi connectivity index (χ0) is 12.7. The van der Waals surface area contributed by atoms with Crippen molar-refractivity contribution in [3.8, 4) is 0 Å². The molecule has 0 bridgehead atoms. The largest absolute Gasteiger partial charge is 0.288 e. The number of ketones is 1. The predicted molar refractivity (Wildman–Crippen MR) is 68.4 cm³/mol. The zero-order valence-corrected chi connectivity index (χ0v) is 10.4. The number of aromatic nitrogens is 2. The van der Waals surface area contributed by atoms with Crippen molar-refractivity contribution in [1.29, 1.82) is 0 Å². The standard InChI is InChI=1S/C13H9FN2OS/c1-16-7-9(6-15-16)13(17)12-4-8-2-3-10(14)5-11(8)18-12/h2-7H,1H3. The van der Waals surface area contributed by atoms with Crippen LogP contribution in [0.15, 0.2) is 36.7 Å². The first kappa shape index (κ1) is 11.1. The van der Waals surface area contributed by atoms with Crippen molar-refractivity contribution in [2.45, 2.75) is 0 Å². The van der Waals surface area contributed by atoms with Gasteiger partial charge in [0.25, 0.3) is 0 Å². The fourth-order valence-electron chi connectivity index (χ4n) is 1.80. The van der Waals surface area contributed by atoms with E-state index in [1.165, 1.54) is 29.7 Å². The Morgan fingerprint density at radius 2 is 2.22 bits per heavy atom. The number of carbonyl (C=O) groups is 1. The maximum Gasteiger partial charge on any atom is 0.206 e. The van der Waals surface area contributed by atoms with Crippen molar-refractivity contribution in [3.05, 3.63) is 52.9 Å². The van der Waals surface area contributed by atoms with Crippen LogP contribution in [0, 0.1) is 5.82 Å². The number of benzene rings is 1. The summed E-state index contributed by atoms with van der Waals surface area (Å²) in [5.74, 6) is -0.366. The second-order valence-electron chi connectivity index (χ2n) is 4.02. The molecule has 2 heterocycles. The Kier molecular flexibility index (Phi) is 2.48. The highest BCUT2D eigenvalue weighted by Gasteiger charge is 2.14. The molecule has 18 heavy (non-hydrogen) atoms. The number of hydrogen-bond donors (Lipinski definition) is 0. The SMILES string of the molecule is Cn1cc(C(=O)c2cc3ccc(F)cc3s2)cn1. The minimum atomic E-state index is -0.287. The summed E-state index contributed by atoms with van der Waals surface area (Å²) in [6.45, 7) is 0. The van der Waals surface area contributed by atoms with E-state index in [1.807, 2.05) is 0 Å². The Morgan fingerprint density at radius 3 is 2.94 bits per heavy atom. The van der Waals surface area contributed by atoms with Crippen LogP contribution in [0.5, 0.6) is 0 Å². The smallest absolute Gasteiger partial charge is 0.206 e. The van der Waals surface area contributed by atoms with E-state index in [2.05, 4.69) is 5.10 Å². The van der Waals surface area contributed by atoms with Gasteiger partial charge in [0.1, 0.15) is 5.82 Å². The van der Waals surface area contributed by atoms with Gasteiger partial charge in [0, 0.05) is 17.9 Å². The van der Waals surface area contributed by atoms with Crippen LogP contribution < -0.4 is 0 Å². The van der Waals surface area contributed by atoms with Gasteiger partial charge in [0.05, 0.1) is 16.6 Å². The van der Waals surface area contributed by atoms with E-state index in [0.717, 1.165) is 10.1 Å². The molecule has 3 nitrogen and oxygen atoms in total. The molecule has 2 aromatic heterocycles. The second-order valence-corrected chi connectivity index (χ2v) is 5.11. The molecule has 0 aliphatic carbocycles. The summed E-state index contributed by atoms with van der Waals surface area (Å²) in [7, 11) is 1.76. The maximum atomic E-state index is 13.1. The number of hydrogen-bond acceptors (Lipinski definition) is 3. The van der Waals surface area contributed by atoms with Gasteiger partial charge >= 0.3 is 0 Å². The zero-order valence-electron chi connectivity index (χ0n) is 9.55. The van der Waals surface area contributed by atoms with Crippen LogP contribution in [-0.4, -0.2) is 15.6 Å². The van der Waals surface area contributed by atoms with E-state index in [1.54, 1.807) is 30.1 Å². The lowest BCUT2D eigenvalue weighted by atomic mass is 10.2. The van der Waals surface area contributed by atoms with Crippen molar-refractivity contribution in [3.63, 3.8) is 0 Å². The van der Waals surface area contributed by atoms with Crippen molar-refractivity contribution in [2.75, 3.05) is 0 Å². The van der Waals surface area contributed by atoms with Gasteiger partial charge in [-0.05, 0) is 23.6 Å². The summed E-state index contributed by atoms with van der Waals surface area (Å²) >= 11 is 1.30. The molecule has 90 valence electrons. The summed E-state index contributed by atoms with van der Waals surface area (Å²) < 4.78 is 15.4. The molecular weight excluding hydrogens is 251 g/mol. The Morgan fingerprint density at radius 1 is 1.39 bits per heavy atom. The van der Waals surface area contributed by atoms with Gasteiger partial charge < -0.3 is 0 Å². The van der Waals surface area contributed by atoms with E-state index in [0.29, 0.717) is 10.4 Å². The lowest BCUT2D eigenvalue weighted by Gasteiger charge is -1.90. The fraction of sp³-hybridized carbons (Fsp3) is 0.0769. The minimum Gasteiger partial charge on any atom is -0.288 e. The molecule has 3 rings (SSSR count). The Bertz CT molecular complexity index is 744. The highest BCUT2D eigenvalue weighted by atomic mass is 32.1. The molecule has 3 aromatic rings. The molecular formula is C13H9FN2OS. The highest BCUT2D eigenvalue weighted by Crippen LogP contribution is 2.27. The first-order valence-electron chi connectivity index (χ1n) is 5.36. The molecule has 1 aromatic carbocycles. The quantitative estimate of drug-likeness (QED) is 0.664. The summed E-state index contributed by atoms with van der Waals surface area (Å²) in [6, 6.07) is 6.31. The third-order valence-corrected chi connectivity index (χ3v) is 3.77. The number of rotatable bonds is 2. The monoisotopic (exact) mass is 260 g/mol. The van der Waals surface area contributed by atoms with Gasteiger partial charge in [-0.25, -0.2) is 4.39 Å². The molecule has 0 spiro atoms. The van der Waals surface area contributed by atoms with Crippen molar-refractivity contribution in [1.82, 2.24) is 9.78 Å². The summed E-state index contributed by atoms with van der Waals surface area (Å²) in [5.41, 5.74) is 0.546. The van der Waals surface area contributed by atoms with Crippen LogP contribution in [0.2, 0.25) is 0 Å². The van der Waals surface area contributed by atoms with Gasteiger partial charge in [-0.1, -0.05) is 6.07 Å². The minimum absolute atomic E-state index is 0.0790. The summed E-state index contributed by atoms with van der Waals surface area (Å²) in [6.07, 6.45) is 3.21. The predicted octanol–water partition coefficient (Wildman–Crippen LogP) is 3.00. The number of thiophene rings is 1. The molecule has 0 radical (unpaired) electrons. The molecule has 0 amide bonds. The summed E-state index contributed by atoms with van der Waals surface area (Å²) in [5, 5.41) is 4.85. The Balaban J connectivity index is 2.06. The Labute approximate surface area is 106 Å². The Hall–Kier alpha value is -2.01. The van der Waals surface area contributed by atoms with Gasteiger partial charge in [-0.3, -0.25) is 9.48 Å². The lowest BCUT2D eigenvalue weighted by molar-refractivity contribution is 0.104. The van der Waals surface area contributed by atoms with Crippen LogP contribution in [0.1, 0.15) is 15.2 Å². The average Bonchev–Trinajstić information content (AvgIpc) is 2.93. The van der Waals surface area contributed by atoms with Gasteiger partial charge in [-0.15, -0.1) is 11.3 Å². The molecule has 0 saturated heterocycles. The van der Waals surface area contributed by atoms with Crippen LogP contribution >= 0.6 is 11.3 Å². The fourth-order valence-corrected chi connectivity index (χ4v) is 2.85. The number of halogens is 1. The molecule has 0 N–H and O–H groups in total. The molecule has 0 fully saturated rings. The van der Waals surface area contributed by atoms with Gasteiger partial charge in [0.15, 0.2) is 0 Å². The number of aryl methyl sites for hydroxylation is 1. The molecule has 0 atom stereocenters. The van der Waals surface area contributed by atoms with Crippen molar-refractivity contribution >= 4 is 27.2 Å². The molecule has 5 heteroatoms. The average molecular weight is 260 g/mol. The molecule has 0 aliphatic rings. The number of carbonyl (C=O) groups excluding carboxylic acids is 1. The molecule has 0 saturated carbocycles. The maximum absolute atomic E-state index is 13.1. The number of fused-ring (bicyclic) bond motifs is 1. The first-order valence-corrected chi connectivity index (χ1v) is 6.17. The topological polar surface area (TPSA) is 34.9 Å². The van der Waals surface area contributed by atoms with E-state index in [-0.39, 0.29) is 11.6 Å². The van der Waals surface area contributed by atoms with E-state index in [4.69, 9.17) is 0 Å². The van der Waals surface area contributed by atoms with E-state index in [9.17, 15) is 9.18 Å². The first-order chi connectivity index (χ1) is 8.63. The second kappa shape index (κ2) is 4.03. The van der Waals surface area contributed by atoms with Crippen molar-refractivity contribution in [2.24, 2.45) is 7.05 Å². The van der Waals surface area contributed by atoms with E-state index < -0.39 is 0 Å². The molecule has 0 aliphatic heterocycles. The third kappa shape index (κ3) is 1.82. The highest BCUT2D eigenvalue weighted by molar-refractivity contribution is 7.21. The third-order valence-electron chi connectivity index (χ3n) is 2.67. The van der Waals surface area contributed by atoms with Crippen LogP contribution in [0.25, 0.3) is 10.1 Å². The van der Waals surface area contributed by atoms with Gasteiger partial charge in [0.2, 0.25) is 5.78 Å². The lowest BCUT2D eigenvalue weighted by Crippen LogP contribution is -1.96. The number of nitrogens with zero attached hydrogens (tertiary/aromatic N) is 2. The van der Waals surface area contributed by atoms with Crippen LogP contribution in [-0.2, 0) is 7.05 Å². The van der Waals surface area contributed by atoms with Crippen molar-refractivity contribution < 1.29 is 9.18 Å². The molecule has 0 unspecified atom stereocenters. The van der Waals surface area contributed by atoms with E-state index >= 15 is 0 Å². The van der Waals surface area contributed by atoms with Crippen LogP contribution in [0.4, 0.5) is 4.39 Å². The normalized spacial score (nSPS) is 11.0. The summed E-state index contributed by atoms with van der Waals surface area (Å²) in [4.78, 5) is 12.8. The van der Waals surface area contributed by atoms with Crippen LogP contribution in [0.3, 0.4) is 0 Å². The van der Waals surface area contributed by atoms with Gasteiger partial charge in [-0.2, -0.15) is 5.10 Å².